The second-order valence-corrected chi connectivity index (χ2v) is 6.68. The highest BCUT2D eigenvalue weighted by molar-refractivity contribution is 8.26. The van der Waals surface area contributed by atoms with E-state index in [0.29, 0.717) is 10.8 Å². The van der Waals surface area contributed by atoms with Gasteiger partial charge in [0.2, 0.25) is 5.88 Å². The molecule has 0 aromatic heterocycles. The van der Waals surface area contributed by atoms with Crippen LogP contribution in [0.4, 0.5) is 5.69 Å². The first-order chi connectivity index (χ1) is 11.5. The molecule has 0 atom stereocenters. The third kappa shape index (κ3) is 3.02. The summed E-state index contributed by atoms with van der Waals surface area (Å²) in [5, 5.41) is 8.84. The van der Waals surface area contributed by atoms with Crippen LogP contribution in [0.25, 0.3) is 0 Å². The second-order valence-electron chi connectivity index (χ2n) is 5.00. The van der Waals surface area contributed by atoms with E-state index in [0.717, 1.165) is 34.6 Å². The van der Waals surface area contributed by atoms with E-state index in [1.165, 1.54) is 0 Å². The minimum atomic E-state index is -1.10. The number of carboxylic acid groups (broad SMARTS) is 1. The van der Waals surface area contributed by atoms with Gasteiger partial charge in [-0.15, -0.1) is 0 Å². The number of thiocarbonyl (C=S) groups is 1. The first-order valence-electron chi connectivity index (χ1n) is 7.23. The summed E-state index contributed by atoms with van der Waals surface area (Å²) in [7, 11) is 0. The van der Waals surface area contributed by atoms with Crippen molar-refractivity contribution < 1.29 is 19.4 Å². The Labute approximate surface area is 148 Å². The fourth-order valence-electron chi connectivity index (χ4n) is 2.44. The Morgan fingerprint density at radius 1 is 1.33 bits per heavy atom. The number of carbonyl (C=O) groups excluding carboxylic acids is 1. The SMILES string of the molecule is CCN1/C(=C\C=C2\SC(=S)N(CC(=O)O)C2=O)Oc2ccccc21. The van der Waals surface area contributed by atoms with Gasteiger partial charge in [0.1, 0.15) is 10.9 Å². The molecule has 0 aliphatic carbocycles. The normalized spacial score (nSPS) is 20.0. The molecule has 0 radical (unpaired) electrons. The molecule has 0 bridgehead atoms. The van der Waals surface area contributed by atoms with Gasteiger partial charge >= 0.3 is 5.97 Å². The number of anilines is 1. The summed E-state index contributed by atoms with van der Waals surface area (Å²) in [6.45, 7) is 2.30. The lowest BCUT2D eigenvalue weighted by molar-refractivity contribution is -0.140. The predicted octanol–water partition coefficient (Wildman–Crippen LogP) is 2.58. The number of amides is 1. The van der Waals surface area contributed by atoms with Gasteiger partial charge in [-0.05, 0) is 25.1 Å². The molecule has 6 nitrogen and oxygen atoms in total. The third-order valence-electron chi connectivity index (χ3n) is 3.50. The van der Waals surface area contributed by atoms with Gasteiger partial charge in [0.15, 0.2) is 5.75 Å². The lowest BCUT2D eigenvalue weighted by atomic mass is 10.3. The van der Waals surface area contributed by atoms with Crippen LogP contribution in [-0.2, 0) is 9.59 Å². The second kappa shape index (κ2) is 6.66. The highest BCUT2D eigenvalue weighted by Crippen LogP contribution is 2.38. The molecule has 1 fully saturated rings. The maximum Gasteiger partial charge on any atom is 0.323 e. The van der Waals surface area contributed by atoms with Crippen molar-refractivity contribution in [3.8, 4) is 5.75 Å². The third-order valence-corrected chi connectivity index (χ3v) is 4.89. The van der Waals surface area contributed by atoms with E-state index in [1.807, 2.05) is 36.1 Å². The number of allylic oxidation sites excluding steroid dienone is 2. The number of nitrogens with zero attached hydrogens (tertiary/aromatic N) is 2. The van der Waals surface area contributed by atoms with Crippen molar-refractivity contribution in [3.63, 3.8) is 0 Å². The largest absolute Gasteiger partial charge is 0.480 e. The molecule has 1 aromatic rings. The maximum atomic E-state index is 12.2. The van der Waals surface area contributed by atoms with Gasteiger partial charge in [0.25, 0.3) is 5.91 Å². The van der Waals surface area contributed by atoms with Gasteiger partial charge in [-0.3, -0.25) is 14.5 Å². The number of carboxylic acids is 1. The number of aliphatic carboxylic acids is 1. The molecule has 2 aliphatic rings. The molecule has 24 heavy (non-hydrogen) atoms. The Kier molecular flexibility index (Phi) is 4.59. The van der Waals surface area contributed by atoms with Crippen molar-refractivity contribution in [2.24, 2.45) is 0 Å². The number of benzene rings is 1. The van der Waals surface area contributed by atoms with Crippen molar-refractivity contribution in [3.05, 3.63) is 47.2 Å². The van der Waals surface area contributed by atoms with Crippen molar-refractivity contribution >= 4 is 45.9 Å². The average molecular weight is 362 g/mol. The molecule has 2 heterocycles. The molecule has 1 amide bonds. The molecule has 8 heteroatoms. The molecule has 1 N–H and O–H groups in total. The topological polar surface area (TPSA) is 70.1 Å². The Hall–Kier alpha value is -2.32. The van der Waals surface area contributed by atoms with Crippen LogP contribution in [0, 0.1) is 0 Å². The molecule has 2 aliphatic heterocycles. The van der Waals surface area contributed by atoms with Gasteiger partial charge < -0.3 is 14.7 Å². The van der Waals surface area contributed by atoms with Crippen molar-refractivity contribution in [2.45, 2.75) is 6.92 Å². The number of fused-ring (bicyclic) bond motifs is 1. The van der Waals surface area contributed by atoms with Gasteiger partial charge in [-0.1, -0.05) is 36.1 Å². The van der Waals surface area contributed by atoms with Crippen LogP contribution < -0.4 is 9.64 Å². The number of hydrogen-bond acceptors (Lipinski definition) is 6. The Balaban J connectivity index is 1.83. The van der Waals surface area contributed by atoms with Gasteiger partial charge in [0, 0.05) is 12.6 Å². The first-order valence-corrected chi connectivity index (χ1v) is 8.45. The van der Waals surface area contributed by atoms with E-state index in [9.17, 15) is 9.59 Å². The number of rotatable bonds is 4. The quantitative estimate of drug-likeness (QED) is 0.652. The molecule has 0 spiro atoms. The smallest absolute Gasteiger partial charge is 0.323 e. The summed E-state index contributed by atoms with van der Waals surface area (Å²) in [4.78, 5) is 26.5. The minimum Gasteiger partial charge on any atom is -0.480 e. The number of thioether (sulfide) groups is 1. The van der Waals surface area contributed by atoms with Crippen LogP contribution in [-0.4, -0.2) is 39.3 Å². The fraction of sp³-hybridized carbons (Fsp3) is 0.188. The highest BCUT2D eigenvalue weighted by Gasteiger charge is 2.33. The number of para-hydroxylation sites is 2. The molecular formula is C16H14N2O4S2. The van der Waals surface area contributed by atoms with Crippen LogP contribution in [0.15, 0.2) is 47.2 Å². The summed E-state index contributed by atoms with van der Waals surface area (Å²) < 4.78 is 6.05. The standard InChI is InChI=1S/C16H14N2O4S2/c1-2-17-10-5-3-4-6-11(10)22-13(17)8-7-12-15(21)18(9-14(19)20)16(23)24-12/h3-8H,2,9H2,1H3,(H,19,20)/b12-7+,13-8+. The van der Waals surface area contributed by atoms with Gasteiger partial charge in [-0.25, -0.2) is 0 Å². The zero-order chi connectivity index (χ0) is 17.3. The number of carbonyl (C=O) groups is 2. The molecule has 0 saturated carbocycles. The summed E-state index contributed by atoms with van der Waals surface area (Å²) in [6.07, 6.45) is 3.32. The number of hydrogen-bond donors (Lipinski definition) is 1. The molecule has 1 saturated heterocycles. The Bertz CT molecular complexity index is 788. The molecule has 3 rings (SSSR count). The average Bonchev–Trinajstić information content (AvgIpc) is 3.04. The minimum absolute atomic E-state index is 0.245. The summed E-state index contributed by atoms with van der Waals surface area (Å²) >= 11 is 6.15. The zero-order valence-corrected chi connectivity index (χ0v) is 14.4. The first kappa shape index (κ1) is 16.5. The van der Waals surface area contributed by atoms with E-state index < -0.39 is 18.4 Å². The van der Waals surface area contributed by atoms with Crippen LogP contribution in [0.3, 0.4) is 0 Å². The van der Waals surface area contributed by atoms with Crippen LogP contribution in [0.5, 0.6) is 5.75 Å². The molecule has 124 valence electrons. The van der Waals surface area contributed by atoms with Crippen molar-refractivity contribution in [1.82, 2.24) is 4.90 Å². The van der Waals surface area contributed by atoms with Gasteiger partial charge in [-0.2, -0.15) is 0 Å². The van der Waals surface area contributed by atoms with Crippen molar-refractivity contribution in [2.75, 3.05) is 18.0 Å². The Morgan fingerprint density at radius 3 is 2.79 bits per heavy atom. The number of ether oxygens (including phenoxy) is 1. The molecule has 0 unspecified atom stereocenters. The summed E-state index contributed by atoms with van der Waals surface area (Å²) in [5.41, 5.74) is 0.970. The lowest BCUT2D eigenvalue weighted by Crippen LogP contribution is -2.33. The van der Waals surface area contributed by atoms with E-state index in [1.54, 1.807) is 12.2 Å². The Morgan fingerprint density at radius 2 is 2.08 bits per heavy atom. The van der Waals surface area contributed by atoms with Crippen LogP contribution in [0.2, 0.25) is 0 Å². The summed E-state index contributed by atoms with van der Waals surface area (Å²) in [5.74, 6) is -0.125. The van der Waals surface area contributed by atoms with Gasteiger partial charge in [0.05, 0.1) is 10.6 Å². The van der Waals surface area contributed by atoms with E-state index in [-0.39, 0.29) is 4.32 Å². The lowest BCUT2D eigenvalue weighted by Gasteiger charge is -2.14. The monoisotopic (exact) mass is 362 g/mol. The van der Waals surface area contributed by atoms with Crippen LogP contribution >= 0.6 is 24.0 Å². The van der Waals surface area contributed by atoms with Crippen molar-refractivity contribution in [1.29, 1.82) is 0 Å². The highest BCUT2D eigenvalue weighted by atomic mass is 32.2. The van der Waals surface area contributed by atoms with E-state index >= 15 is 0 Å². The molecular weight excluding hydrogens is 348 g/mol. The maximum absolute atomic E-state index is 12.2. The van der Waals surface area contributed by atoms with Crippen LogP contribution in [0.1, 0.15) is 6.92 Å². The predicted molar refractivity (Wildman–Crippen MR) is 95.8 cm³/mol. The van der Waals surface area contributed by atoms with E-state index in [4.69, 9.17) is 22.1 Å². The summed E-state index contributed by atoms with van der Waals surface area (Å²) in [6, 6.07) is 7.68. The fourth-order valence-corrected chi connectivity index (χ4v) is 3.63. The molecule has 1 aromatic carbocycles. The van der Waals surface area contributed by atoms with E-state index in [2.05, 4.69) is 0 Å². The zero-order valence-electron chi connectivity index (χ0n) is 12.8.